The van der Waals surface area contributed by atoms with Crippen molar-refractivity contribution >= 4 is 11.6 Å². The van der Waals surface area contributed by atoms with E-state index < -0.39 is 5.60 Å². The van der Waals surface area contributed by atoms with Gasteiger partial charge in [0.15, 0.2) is 0 Å². The lowest BCUT2D eigenvalue weighted by atomic mass is 9.78. The van der Waals surface area contributed by atoms with Gasteiger partial charge in [0.05, 0.1) is 6.61 Å². The summed E-state index contributed by atoms with van der Waals surface area (Å²) in [5, 5.41) is 3.03. The minimum absolute atomic E-state index is 0.0124. The maximum absolute atomic E-state index is 12.9. The molecule has 2 atom stereocenters. The van der Waals surface area contributed by atoms with Crippen LogP contribution >= 0.6 is 0 Å². The topological polar surface area (TPSA) is 47.6 Å². The number of hydrogen-bond acceptors (Lipinski definition) is 3. The second-order valence-electron chi connectivity index (χ2n) is 6.46. The van der Waals surface area contributed by atoms with E-state index in [2.05, 4.69) is 19.2 Å². The van der Waals surface area contributed by atoms with Crippen LogP contribution in [0.4, 0.5) is 5.69 Å². The van der Waals surface area contributed by atoms with Crippen LogP contribution in [0.2, 0.25) is 0 Å². The molecule has 1 aliphatic carbocycles. The molecule has 1 N–H and O–H groups in total. The molecule has 0 aromatic heterocycles. The fraction of sp³-hybridized carbons (Fsp3) is 0.632. The van der Waals surface area contributed by atoms with Crippen molar-refractivity contribution in [1.82, 2.24) is 0 Å². The smallest absolute Gasteiger partial charge is 0.256 e. The number of ether oxygens (including phenoxy) is 2. The van der Waals surface area contributed by atoms with Gasteiger partial charge in [0.1, 0.15) is 11.4 Å². The van der Waals surface area contributed by atoms with Gasteiger partial charge in [-0.1, -0.05) is 20.3 Å². The first kappa shape index (κ1) is 17.8. The minimum Gasteiger partial charge on any atom is -0.494 e. The number of anilines is 1. The average Bonchev–Trinajstić information content (AvgIpc) is 2.55. The molecule has 1 aromatic rings. The molecule has 0 bridgehead atoms. The summed E-state index contributed by atoms with van der Waals surface area (Å²) in [6.07, 6.45) is 4.75. The lowest BCUT2D eigenvalue weighted by Gasteiger charge is -2.38. The van der Waals surface area contributed by atoms with E-state index in [0.29, 0.717) is 19.1 Å². The molecule has 0 radical (unpaired) electrons. The third kappa shape index (κ3) is 4.71. The van der Waals surface area contributed by atoms with Crippen LogP contribution in [0.3, 0.4) is 0 Å². The molecule has 0 unspecified atom stereocenters. The number of carbonyl (C=O) groups excluding carboxylic acids is 1. The van der Waals surface area contributed by atoms with E-state index in [-0.39, 0.29) is 5.91 Å². The summed E-state index contributed by atoms with van der Waals surface area (Å²) < 4.78 is 11.5. The first-order valence-electron chi connectivity index (χ1n) is 8.78. The minimum atomic E-state index is -0.674. The van der Waals surface area contributed by atoms with Crippen LogP contribution in [0.5, 0.6) is 5.75 Å². The Bertz CT molecular complexity index is 500. The van der Waals surface area contributed by atoms with Crippen LogP contribution in [0.15, 0.2) is 24.3 Å². The largest absolute Gasteiger partial charge is 0.494 e. The van der Waals surface area contributed by atoms with Crippen molar-refractivity contribution < 1.29 is 14.3 Å². The van der Waals surface area contributed by atoms with Gasteiger partial charge in [-0.15, -0.1) is 0 Å². The number of hydrogen-bond donors (Lipinski definition) is 1. The van der Waals surface area contributed by atoms with Crippen LogP contribution < -0.4 is 10.1 Å². The lowest BCUT2D eigenvalue weighted by molar-refractivity contribution is -0.148. The van der Waals surface area contributed by atoms with Crippen LogP contribution in [-0.4, -0.2) is 24.7 Å². The van der Waals surface area contributed by atoms with E-state index in [0.717, 1.165) is 37.1 Å². The van der Waals surface area contributed by atoms with Crippen LogP contribution in [0.1, 0.15) is 52.9 Å². The van der Waals surface area contributed by atoms with Gasteiger partial charge >= 0.3 is 0 Å². The van der Waals surface area contributed by atoms with Gasteiger partial charge in [-0.3, -0.25) is 4.79 Å². The van der Waals surface area contributed by atoms with Crippen LogP contribution in [-0.2, 0) is 9.53 Å². The zero-order chi connectivity index (χ0) is 16.7. The molecule has 1 amide bonds. The molecule has 0 saturated heterocycles. The second kappa shape index (κ2) is 8.34. The Morgan fingerprint density at radius 1 is 1.30 bits per heavy atom. The fourth-order valence-electron chi connectivity index (χ4n) is 3.25. The predicted octanol–water partition coefficient (Wildman–Crippen LogP) is 4.40. The summed E-state index contributed by atoms with van der Waals surface area (Å²) in [5.41, 5.74) is 0.114. The van der Waals surface area contributed by atoms with Crippen molar-refractivity contribution in [1.29, 1.82) is 0 Å². The lowest BCUT2D eigenvalue weighted by Crippen LogP contribution is -2.48. The molecule has 4 heteroatoms. The summed E-state index contributed by atoms with van der Waals surface area (Å²) in [6, 6.07) is 7.51. The van der Waals surface area contributed by atoms with Crippen LogP contribution in [0, 0.1) is 5.92 Å². The SMILES string of the molecule is CCCO[C@@]1(C(=O)Nc2ccc(OCC)cc2)CCC[C@@H](C)C1. The molecule has 0 spiro atoms. The monoisotopic (exact) mass is 319 g/mol. The quantitative estimate of drug-likeness (QED) is 0.810. The summed E-state index contributed by atoms with van der Waals surface area (Å²) in [6.45, 7) is 7.49. The third-order valence-electron chi connectivity index (χ3n) is 4.38. The van der Waals surface area contributed by atoms with Crippen molar-refractivity contribution in [3.8, 4) is 5.75 Å². The van der Waals surface area contributed by atoms with E-state index in [1.807, 2.05) is 31.2 Å². The van der Waals surface area contributed by atoms with Crippen molar-refractivity contribution in [3.63, 3.8) is 0 Å². The predicted molar refractivity (Wildman–Crippen MR) is 92.8 cm³/mol. The summed E-state index contributed by atoms with van der Waals surface area (Å²) >= 11 is 0. The highest BCUT2D eigenvalue weighted by Gasteiger charge is 2.42. The first-order chi connectivity index (χ1) is 11.1. The van der Waals surface area contributed by atoms with Crippen molar-refractivity contribution in [2.75, 3.05) is 18.5 Å². The number of amides is 1. The molecule has 4 nitrogen and oxygen atoms in total. The molecule has 128 valence electrons. The van der Waals surface area contributed by atoms with Gasteiger partial charge in [0.2, 0.25) is 0 Å². The van der Waals surface area contributed by atoms with Gasteiger partial charge in [-0.2, -0.15) is 0 Å². The van der Waals surface area contributed by atoms with Crippen LogP contribution in [0.25, 0.3) is 0 Å². The highest BCUT2D eigenvalue weighted by Crippen LogP contribution is 2.36. The van der Waals surface area contributed by atoms with E-state index in [9.17, 15) is 4.79 Å². The molecule has 1 fully saturated rings. The van der Waals surface area contributed by atoms with Crippen molar-refractivity contribution in [3.05, 3.63) is 24.3 Å². The van der Waals surface area contributed by atoms with E-state index in [4.69, 9.17) is 9.47 Å². The van der Waals surface area contributed by atoms with E-state index in [1.54, 1.807) is 0 Å². The zero-order valence-electron chi connectivity index (χ0n) is 14.6. The maximum Gasteiger partial charge on any atom is 0.256 e. The van der Waals surface area contributed by atoms with E-state index >= 15 is 0 Å². The van der Waals surface area contributed by atoms with Gasteiger partial charge in [0.25, 0.3) is 5.91 Å². The zero-order valence-corrected chi connectivity index (χ0v) is 14.6. The summed E-state index contributed by atoms with van der Waals surface area (Å²) in [5.74, 6) is 1.32. The Kier molecular flexibility index (Phi) is 6.46. The molecular weight excluding hydrogens is 290 g/mol. The van der Waals surface area contributed by atoms with E-state index in [1.165, 1.54) is 6.42 Å². The number of carbonyl (C=O) groups is 1. The standard InChI is InChI=1S/C19H29NO3/c1-4-13-23-19(12-6-7-15(3)14-19)18(21)20-16-8-10-17(11-9-16)22-5-2/h8-11,15H,4-7,12-14H2,1-3H3,(H,20,21)/t15-,19+/m1/s1. The molecule has 1 aliphatic rings. The molecule has 1 aromatic carbocycles. The average molecular weight is 319 g/mol. The Morgan fingerprint density at radius 2 is 2.04 bits per heavy atom. The normalized spacial score (nSPS) is 24.2. The van der Waals surface area contributed by atoms with Crippen molar-refractivity contribution in [2.45, 2.75) is 58.5 Å². The summed E-state index contributed by atoms with van der Waals surface area (Å²) in [7, 11) is 0. The van der Waals surface area contributed by atoms with Gasteiger partial charge in [-0.05, 0) is 62.8 Å². The molecule has 2 rings (SSSR count). The molecule has 23 heavy (non-hydrogen) atoms. The Morgan fingerprint density at radius 3 is 2.65 bits per heavy atom. The number of nitrogens with one attached hydrogen (secondary N) is 1. The third-order valence-corrected chi connectivity index (χ3v) is 4.38. The Hall–Kier alpha value is -1.55. The van der Waals surface area contributed by atoms with Gasteiger partial charge in [0, 0.05) is 12.3 Å². The Balaban J connectivity index is 2.07. The highest BCUT2D eigenvalue weighted by atomic mass is 16.5. The molecule has 1 saturated carbocycles. The van der Waals surface area contributed by atoms with Gasteiger partial charge < -0.3 is 14.8 Å². The fourth-order valence-corrected chi connectivity index (χ4v) is 3.25. The van der Waals surface area contributed by atoms with Gasteiger partial charge in [-0.25, -0.2) is 0 Å². The summed E-state index contributed by atoms with van der Waals surface area (Å²) in [4.78, 5) is 12.9. The first-order valence-corrected chi connectivity index (χ1v) is 8.78. The number of rotatable bonds is 7. The molecule has 0 aliphatic heterocycles. The Labute approximate surface area is 139 Å². The van der Waals surface area contributed by atoms with Crippen molar-refractivity contribution in [2.24, 2.45) is 5.92 Å². The second-order valence-corrected chi connectivity index (χ2v) is 6.46. The maximum atomic E-state index is 12.9. The highest BCUT2D eigenvalue weighted by molar-refractivity contribution is 5.97. The number of benzene rings is 1. The molecule has 0 heterocycles. The molecular formula is C19H29NO3.